The van der Waals surface area contributed by atoms with Crippen molar-refractivity contribution in [2.45, 2.75) is 38.8 Å². The molecule has 0 fully saturated rings. The predicted octanol–water partition coefficient (Wildman–Crippen LogP) is 1.69. The largest absolute Gasteiger partial charge is 0.444 e. The molecule has 0 bridgehead atoms. The lowest BCUT2D eigenvalue weighted by Crippen LogP contribution is -2.46. The Balaban J connectivity index is 2.92. The lowest BCUT2D eigenvalue weighted by molar-refractivity contribution is -0.113. The lowest BCUT2D eigenvalue weighted by Gasteiger charge is -2.22. The number of carbonyl (C=O) groups excluding carboxylic acids is 2. The Morgan fingerprint density at radius 3 is 2.18 bits per heavy atom. The molecule has 6 nitrogen and oxygen atoms in total. The summed E-state index contributed by atoms with van der Waals surface area (Å²) in [6.45, 7) is 5.03. The summed E-state index contributed by atoms with van der Waals surface area (Å²) in [6.07, 6.45) is 0.0706. The number of carbonyl (C=O) groups is 2. The van der Waals surface area contributed by atoms with Gasteiger partial charge in [0.15, 0.2) is 0 Å². The van der Waals surface area contributed by atoms with E-state index >= 15 is 0 Å². The zero-order chi connectivity index (χ0) is 17.0. The number of amides is 1. The van der Waals surface area contributed by atoms with Gasteiger partial charge in [-0.15, -0.1) is 0 Å². The van der Waals surface area contributed by atoms with E-state index in [0.717, 1.165) is 11.8 Å². The molecule has 1 rings (SSSR count). The zero-order valence-corrected chi connectivity index (χ0v) is 13.9. The average Bonchev–Trinajstić information content (AvgIpc) is 2.35. The Bertz CT molecular complexity index is 632. The molecule has 1 atom stereocenters. The van der Waals surface area contributed by atoms with Crippen LogP contribution in [0.3, 0.4) is 0 Å². The third kappa shape index (κ3) is 6.26. The van der Waals surface area contributed by atoms with Gasteiger partial charge >= 0.3 is 6.09 Å². The molecular weight excluding hydrogens is 306 g/mol. The fourth-order valence-corrected chi connectivity index (χ4v) is 2.41. The highest BCUT2D eigenvalue weighted by molar-refractivity contribution is 8.05. The second-order valence-corrected chi connectivity index (χ2v) is 7.93. The van der Waals surface area contributed by atoms with Gasteiger partial charge < -0.3 is 10.1 Å². The van der Waals surface area contributed by atoms with Crippen molar-refractivity contribution in [3.8, 4) is 0 Å². The Hall–Kier alpha value is -1.89. The van der Waals surface area contributed by atoms with Crippen molar-refractivity contribution >= 4 is 21.0 Å². The summed E-state index contributed by atoms with van der Waals surface area (Å²) < 4.78 is 28.0. The van der Waals surface area contributed by atoms with Crippen LogP contribution in [-0.4, -0.2) is 37.5 Å². The van der Waals surface area contributed by atoms with Gasteiger partial charge in [0.2, 0.25) is 9.84 Å². The summed E-state index contributed by atoms with van der Waals surface area (Å²) in [4.78, 5) is 23.8. The predicted molar refractivity (Wildman–Crippen MR) is 83.2 cm³/mol. The highest BCUT2D eigenvalue weighted by Crippen LogP contribution is 2.10. The van der Waals surface area contributed by atoms with Gasteiger partial charge in [-0.25, -0.2) is 13.2 Å². The average molecular weight is 327 g/mol. The van der Waals surface area contributed by atoms with Crippen LogP contribution in [-0.2, 0) is 25.8 Å². The zero-order valence-electron chi connectivity index (χ0n) is 13.1. The normalized spacial score (nSPS) is 13.3. The maximum absolute atomic E-state index is 12.0. The second kappa shape index (κ2) is 6.91. The minimum Gasteiger partial charge on any atom is -0.444 e. The van der Waals surface area contributed by atoms with Crippen LogP contribution in [0, 0.1) is 0 Å². The number of nitrogens with one attached hydrogen (secondary N) is 1. The van der Waals surface area contributed by atoms with Crippen LogP contribution in [0.2, 0.25) is 0 Å². The first-order chi connectivity index (χ1) is 9.99. The molecule has 0 aliphatic carbocycles. The standard InChI is InChI=1S/C15H21NO5S/c1-15(2,3)21-14(18)16-12(13(17)22(4,19)20)10-11-8-6-5-7-9-11/h5-9,12H,10H2,1-4H3,(H,16,18). The van der Waals surface area contributed by atoms with Crippen molar-refractivity contribution in [2.24, 2.45) is 0 Å². The minimum absolute atomic E-state index is 0.0754. The van der Waals surface area contributed by atoms with Crippen LogP contribution in [0.25, 0.3) is 0 Å². The van der Waals surface area contributed by atoms with Crippen molar-refractivity contribution in [2.75, 3.05) is 6.26 Å². The van der Waals surface area contributed by atoms with E-state index in [1.165, 1.54) is 0 Å². The summed E-state index contributed by atoms with van der Waals surface area (Å²) >= 11 is 0. The fourth-order valence-electron chi connectivity index (χ4n) is 1.75. The molecule has 0 aliphatic rings. The molecule has 0 radical (unpaired) electrons. The van der Waals surface area contributed by atoms with Gasteiger partial charge in [-0.3, -0.25) is 4.79 Å². The van der Waals surface area contributed by atoms with E-state index in [2.05, 4.69) is 5.32 Å². The summed E-state index contributed by atoms with van der Waals surface area (Å²) in [6, 6.07) is 7.65. The first kappa shape index (κ1) is 18.2. The Kier molecular flexibility index (Phi) is 5.71. The molecule has 1 amide bonds. The molecule has 0 heterocycles. The molecule has 0 saturated carbocycles. The van der Waals surface area contributed by atoms with Gasteiger partial charge in [0, 0.05) is 12.7 Å². The molecule has 1 aromatic carbocycles. The summed E-state index contributed by atoms with van der Waals surface area (Å²) in [7, 11) is -3.92. The second-order valence-electron chi connectivity index (χ2n) is 5.98. The van der Waals surface area contributed by atoms with Crippen molar-refractivity contribution in [3.05, 3.63) is 35.9 Å². The SMILES string of the molecule is CC(C)(C)OC(=O)NC(Cc1ccccc1)C(=O)S(C)(=O)=O. The summed E-state index contributed by atoms with van der Waals surface area (Å²) in [5.74, 6) is 0. The quantitative estimate of drug-likeness (QED) is 0.909. The highest BCUT2D eigenvalue weighted by Gasteiger charge is 2.30. The van der Waals surface area contributed by atoms with E-state index in [1.54, 1.807) is 51.1 Å². The topological polar surface area (TPSA) is 89.5 Å². The molecular formula is C15H21NO5S. The maximum atomic E-state index is 12.0. The fraction of sp³-hybridized carbons (Fsp3) is 0.467. The number of hydrogen-bond acceptors (Lipinski definition) is 5. The maximum Gasteiger partial charge on any atom is 0.408 e. The van der Waals surface area contributed by atoms with Gasteiger partial charge in [-0.2, -0.15) is 0 Å². The molecule has 7 heteroatoms. The van der Waals surface area contributed by atoms with E-state index in [0.29, 0.717) is 0 Å². The lowest BCUT2D eigenvalue weighted by atomic mass is 10.1. The van der Waals surface area contributed by atoms with E-state index < -0.39 is 32.7 Å². The van der Waals surface area contributed by atoms with Crippen LogP contribution in [0.5, 0.6) is 0 Å². The Labute approximate surface area is 130 Å². The summed E-state index contributed by atoms with van der Waals surface area (Å²) in [5, 5.41) is 1.30. The van der Waals surface area contributed by atoms with Crippen LogP contribution in [0.1, 0.15) is 26.3 Å². The molecule has 0 saturated heterocycles. The van der Waals surface area contributed by atoms with Crippen molar-refractivity contribution in [1.82, 2.24) is 5.32 Å². The van der Waals surface area contributed by atoms with E-state index in [4.69, 9.17) is 4.74 Å². The van der Waals surface area contributed by atoms with Crippen LogP contribution >= 0.6 is 0 Å². The number of alkyl carbamates (subject to hydrolysis) is 1. The van der Waals surface area contributed by atoms with Crippen LogP contribution < -0.4 is 5.32 Å². The molecule has 0 spiro atoms. The number of benzene rings is 1. The number of hydrogen-bond donors (Lipinski definition) is 1. The van der Waals surface area contributed by atoms with Gasteiger partial charge in [-0.1, -0.05) is 30.3 Å². The van der Waals surface area contributed by atoms with Gasteiger partial charge in [0.1, 0.15) is 11.6 Å². The molecule has 0 aromatic heterocycles. The Morgan fingerprint density at radius 1 is 1.18 bits per heavy atom. The molecule has 1 aromatic rings. The first-order valence-electron chi connectivity index (χ1n) is 6.76. The molecule has 1 unspecified atom stereocenters. The van der Waals surface area contributed by atoms with Crippen molar-refractivity contribution < 1.29 is 22.7 Å². The van der Waals surface area contributed by atoms with E-state index in [9.17, 15) is 18.0 Å². The number of rotatable bonds is 4. The highest BCUT2D eigenvalue weighted by atomic mass is 32.2. The Morgan fingerprint density at radius 2 is 1.73 bits per heavy atom. The monoisotopic (exact) mass is 327 g/mol. The minimum atomic E-state index is -3.92. The molecule has 122 valence electrons. The molecule has 22 heavy (non-hydrogen) atoms. The molecule has 0 aliphatic heterocycles. The molecule has 1 N–H and O–H groups in total. The smallest absolute Gasteiger partial charge is 0.408 e. The summed E-state index contributed by atoms with van der Waals surface area (Å²) in [5.41, 5.74) is -0.00393. The van der Waals surface area contributed by atoms with Crippen molar-refractivity contribution in [1.29, 1.82) is 0 Å². The van der Waals surface area contributed by atoms with Crippen molar-refractivity contribution in [3.63, 3.8) is 0 Å². The number of sulfone groups is 1. The van der Waals surface area contributed by atoms with E-state index in [1.807, 2.05) is 0 Å². The van der Waals surface area contributed by atoms with Gasteiger partial charge in [-0.05, 0) is 26.3 Å². The number of ether oxygens (including phenoxy) is 1. The third-order valence-electron chi connectivity index (χ3n) is 2.62. The van der Waals surface area contributed by atoms with Gasteiger partial charge in [0.25, 0.3) is 5.12 Å². The first-order valence-corrected chi connectivity index (χ1v) is 8.65. The van der Waals surface area contributed by atoms with E-state index in [-0.39, 0.29) is 6.42 Å². The van der Waals surface area contributed by atoms with Gasteiger partial charge in [0.05, 0.1) is 0 Å². The third-order valence-corrected chi connectivity index (χ3v) is 3.64. The van der Waals surface area contributed by atoms with Crippen LogP contribution in [0.15, 0.2) is 30.3 Å². The van der Waals surface area contributed by atoms with Crippen LogP contribution in [0.4, 0.5) is 4.79 Å².